The van der Waals surface area contributed by atoms with E-state index >= 15 is 0 Å². The maximum atomic E-state index is 12.5. The Morgan fingerprint density at radius 3 is 2.50 bits per heavy atom. The number of fused-ring (bicyclic) bond motifs is 5. The first kappa shape index (κ1) is 26.7. The maximum absolute atomic E-state index is 12.5. The van der Waals surface area contributed by atoms with Crippen LogP contribution in [-0.4, -0.2) is 81.3 Å². The number of aliphatic hydroxyl groups is 4. The molecule has 0 amide bonds. The third-order valence-electron chi connectivity index (χ3n) is 11.4. The highest BCUT2D eigenvalue weighted by atomic mass is 16.7. The molecule has 12 atom stereocenters. The summed E-state index contributed by atoms with van der Waals surface area (Å²) < 4.78 is 17.7. The smallest absolute Gasteiger partial charge is 0.162 e. The second-order valence-corrected chi connectivity index (χ2v) is 12.7. The van der Waals surface area contributed by atoms with Crippen LogP contribution in [0.5, 0.6) is 0 Å². The van der Waals surface area contributed by atoms with Crippen LogP contribution >= 0.6 is 0 Å². The van der Waals surface area contributed by atoms with Crippen LogP contribution < -0.4 is 0 Å². The molecule has 1 heterocycles. The van der Waals surface area contributed by atoms with E-state index in [1.807, 2.05) is 6.92 Å². The molecule has 36 heavy (non-hydrogen) atoms. The molecule has 3 saturated carbocycles. The fourth-order valence-corrected chi connectivity index (χ4v) is 8.83. The van der Waals surface area contributed by atoms with Gasteiger partial charge in [-0.25, -0.2) is 0 Å². The topological polar surface area (TPSA) is 126 Å². The molecule has 1 aliphatic heterocycles. The van der Waals surface area contributed by atoms with Crippen LogP contribution in [0.1, 0.15) is 79.1 Å². The lowest BCUT2D eigenvalue weighted by Gasteiger charge is -2.63. The molecule has 5 rings (SSSR count). The van der Waals surface area contributed by atoms with E-state index in [2.05, 4.69) is 13.0 Å². The largest absolute Gasteiger partial charge is 0.392 e. The second kappa shape index (κ2) is 8.83. The Kier molecular flexibility index (Phi) is 6.56. The summed E-state index contributed by atoms with van der Waals surface area (Å²) in [7, 11) is 1.59. The predicted octanol–water partition coefficient (Wildman–Crippen LogP) is 2.25. The molecule has 4 aliphatic carbocycles. The number of carbonyl (C=O) groups excluding carboxylic acids is 1. The monoisotopic (exact) mass is 508 g/mol. The molecule has 12 unspecified atom stereocenters. The number of methoxy groups -OCH3 is 1. The molecule has 8 nitrogen and oxygen atoms in total. The van der Waals surface area contributed by atoms with E-state index in [9.17, 15) is 25.2 Å². The summed E-state index contributed by atoms with van der Waals surface area (Å²) >= 11 is 0. The molecule has 5 aliphatic rings. The van der Waals surface area contributed by atoms with Gasteiger partial charge in [0.15, 0.2) is 12.1 Å². The van der Waals surface area contributed by atoms with Gasteiger partial charge in [-0.2, -0.15) is 0 Å². The quantitative estimate of drug-likeness (QED) is 0.426. The SMILES string of the molecule is COC1CC(OC2CCC3(C)C(=CCC4C3CC(O)C3(C)C(O)(C(C)=O)CCC43O)C2)OC(C)C1O. The van der Waals surface area contributed by atoms with Crippen molar-refractivity contribution in [2.24, 2.45) is 22.7 Å². The van der Waals surface area contributed by atoms with Gasteiger partial charge in [0, 0.05) is 13.5 Å². The molecule has 4 N–H and O–H groups in total. The number of allylic oxidation sites excluding steroid dienone is 1. The normalized spacial score (nSPS) is 54.8. The number of ether oxygens (including phenoxy) is 3. The van der Waals surface area contributed by atoms with E-state index in [1.54, 1.807) is 14.0 Å². The van der Waals surface area contributed by atoms with Gasteiger partial charge in [0.25, 0.3) is 0 Å². The number of carbonyl (C=O) groups is 1. The molecular formula is C28H44O8. The summed E-state index contributed by atoms with van der Waals surface area (Å²) in [4.78, 5) is 12.5. The zero-order valence-electron chi connectivity index (χ0n) is 22.3. The molecule has 204 valence electrons. The molecular weight excluding hydrogens is 464 g/mol. The zero-order chi connectivity index (χ0) is 26.3. The predicted molar refractivity (Wildman–Crippen MR) is 131 cm³/mol. The van der Waals surface area contributed by atoms with Crippen molar-refractivity contribution < 1.29 is 39.4 Å². The Labute approximate surface area is 214 Å². The number of hydrogen-bond acceptors (Lipinski definition) is 8. The third-order valence-corrected chi connectivity index (χ3v) is 11.4. The maximum Gasteiger partial charge on any atom is 0.162 e. The van der Waals surface area contributed by atoms with Gasteiger partial charge in [0.2, 0.25) is 0 Å². The number of rotatable bonds is 4. The minimum atomic E-state index is -1.71. The standard InChI is InChI=1S/C28H44O8/c1-15-24(31)21(34-5)14-23(35-15)36-18-8-9-25(3)17(12-18)6-7-19-20(25)13-22(30)26(4)27(32,16(2)29)10-11-28(19,26)33/h6,15,18-24,30-33H,7-14H2,1-5H3. The number of hydrogen-bond donors (Lipinski definition) is 4. The first-order valence-electron chi connectivity index (χ1n) is 13.7. The fraction of sp³-hybridized carbons (Fsp3) is 0.893. The van der Waals surface area contributed by atoms with E-state index in [-0.39, 0.29) is 47.8 Å². The lowest BCUT2D eigenvalue weighted by atomic mass is 9.44. The van der Waals surface area contributed by atoms with Crippen LogP contribution in [0.4, 0.5) is 0 Å². The Morgan fingerprint density at radius 1 is 1.11 bits per heavy atom. The highest BCUT2D eigenvalue weighted by Crippen LogP contribution is 2.69. The molecule has 0 aromatic rings. The van der Waals surface area contributed by atoms with Crippen molar-refractivity contribution >= 4 is 5.78 Å². The molecule has 1 saturated heterocycles. The second-order valence-electron chi connectivity index (χ2n) is 12.7. The number of ketones is 1. The van der Waals surface area contributed by atoms with Crippen molar-refractivity contribution in [1.82, 2.24) is 0 Å². The van der Waals surface area contributed by atoms with Crippen molar-refractivity contribution in [3.05, 3.63) is 11.6 Å². The summed E-state index contributed by atoms with van der Waals surface area (Å²) in [6.45, 7) is 7.15. The molecule has 4 fully saturated rings. The van der Waals surface area contributed by atoms with Crippen LogP contribution in [-0.2, 0) is 19.0 Å². The molecule has 0 radical (unpaired) electrons. The van der Waals surface area contributed by atoms with Crippen LogP contribution in [0.15, 0.2) is 11.6 Å². The van der Waals surface area contributed by atoms with Crippen LogP contribution in [0.2, 0.25) is 0 Å². The summed E-state index contributed by atoms with van der Waals surface area (Å²) in [6.07, 6.45) is 4.00. The van der Waals surface area contributed by atoms with Gasteiger partial charge >= 0.3 is 0 Å². The van der Waals surface area contributed by atoms with E-state index < -0.39 is 35.1 Å². The number of aliphatic hydroxyl groups excluding tert-OH is 2. The fourth-order valence-electron chi connectivity index (χ4n) is 8.83. The van der Waals surface area contributed by atoms with Crippen molar-refractivity contribution in [3.63, 3.8) is 0 Å². The van der Waals surface area contributed by atoms with Gasteiger partial charge in [-0.3, -0.25) is 4.79 Å². The summed E-state index contributed by atoms with van der Waals surface area (Å²) in [5, 5.41) is 45.2. The first-order chi connectivity index (χ1) is 16.8. The van der Waals surface area contributed by atoms with Gasteiger partial charge in [-0.15, -0.1) is 0 Å². The van der Waals surface area contributed by atoms with Crippen molar-refractivity contribution in [1.29, 1.82) is 0 Å². The third kappa shape index (κ3) is 3.48. The van der Waals surface area contributed by atoms with Crippen molar-refractivity contribution in [2.45, 2.75) is 127 Å². The van der Waals surface area contributed by atoms with Gasteiger partial charge in [-0.1, -0.05) is 25.5 Å². The zero-order valence-corrected chi connectivity index (χ0v) is 22.3. The van der Waals surface area contributed by atoms with Crippen LogP contribution in [0.3, 0.4) is 0 Å². The highest BCUT2D eigenvalue weighted by Gasteiger charge is 2.75. The lowest BCUT2D eigenvalue weighted by Crippen LogP contribution is -2.70. The highest BCUT2D eigenvalue weighted by molar-refractivity contribution is 5.86. The average molecular weight is 509 g/mol. The summed E-state index contributed by atoms with van der Waals surface area (Å²) in [5.41, 5.74) is -3.20. The minimum absolute atomic E-state index is 0.0121. The molecule has 0 aromatic heterocycles. The Balaban J connectivity index is 1.36. The van der Waals surface area contributed by atoms with E-state index in [1.165, 1.54) is 12.5 Å². The van der Waals surface area contributed by atoms with Gasteiger partial charge < -0.3 is 34.6 Å². The van der Waals surface area contributed by atoms with Crippen molar-refractivity contribution in [3.8, 4) is 0 Å². The van der Waals surface area contributed by atoms with Crippen LogP contribution in [0, 0.1) is 22.7 Å². The van der Waals surface area contributed by atoms with Crippen LogP contribution in [0.25, 0.3) is 0 Å². The van der Waals surface area contributed by atoms with E-state index in [0.717, 1.165) is 19.3 Å². The van der Waals surface area contributed by atoms with Gasteiger partial charge in [0.1, 0.15) is 11.7 Å². The Bertz CT molecular complexity index is 921. The van der Waals surface area contributed by atoms with E-state index in [0.29, 0.717) is 25.7 Å². The Morgan fingerprint density at radius 2 is 1.83 bits per heavy atom. The summed E-state index contributed by atoms with van der Waals surface area (Å²) in [6, 6.07) is 0. The average Bonchev–Trinajstić information content (AvgIpc) is 3.06. The molecule has 0 bridgehead atoms. The molecule has 0 spiro atoms. The lowest BCUT2D eigenvalue weighted by molar-refractivity contribution is -0.268. The van der Waals surface area contributed by atoms with Crippen molar-refractivity contribution in [2.75, 3.05) is 7.11 Å². The Hall–Kier alpha value is -0.870. The minimum Gasteiger partial charge on any atom is -0.392 e. The molecule has 8 heteroatoms. The van der Waals surface area contributed by atoms with Gasteiger partial charge in [0.05, 0.1) is 35.4 Å². The first-order valence-corrected chi connectivity index (χ1v) is 13.7. The molecule has 0 aromatic carbocycles. The summed E-state index contributed by atoms with van der Waals surface area (Å²) in [5.74, 6) is -0.450. The van der Waals surface area contributed by atoms with Gasteiger partial charge in [-0.05, 0) is 76.0 Å². The van der Waals surface area contributed by atoms with E-state index in [4.69, 9.17) is 14.2 Å². The number of Topliss-reactive ketones (excluding diaryl/α,β-unsaturated/α-hetero) is 1.